The second kappa shape index (κ2) is 13.1. The number of rotatable bonds is 14. The van der Waals surface area contributed by atoms with Crippen LogP contribution in [0.2, 0.25) is 0 Å². The van der Waals surface area contributed by atoms with Gasteiger partial charge in [0, 0.05) is 19.3 Å². The molecule has 0 aliphatic carbocycles. The van der Waals surface area contributed by atoms with Crippen LogP contribution in [0.15, 0.2) is 12.2 Å². The zero-order valence-corrected chi connectivity index (χ0v) is 16.4. The molecule has 0 N–H and O–H groups in total. The summed E-state index contributed by atoms with van der Waals surface area (Å²) in [6, 6.07) is 0. The molecule has 0 aromatic carbocycles. The van der Waals surface area contributed by atoms with Crippen LogP contribution in [0.1, 0.15) is 72.6 Å². The maximum Gasteiger partial charge on any atom is 0.333 e. The lowest BCUT2D eigenvalue weighted by Gasteiger charge is -2.28. The molecule has 0 aliphatic rings. The van der Waals surface area contributed by atoms with Crippen LogP contribution in [0, 0.1) is 0 Å². The summed E-state index contributed by atoms with van der Waals surface area (Å²) in [5, 5.41) is 0. The van der Waals surface area contributed by atoms with Gasteiger partial charge in [0.2, 0.25) is 0 Å². The van der Waals surface area contributed by atoms with E-state index in [1.54, 1.807) is 6.92 Å². The maximum atomic E-state index is 11.5. The minimum atomic E-state index is -0.843. The van der Waals surface area contributed by atoms with Gasteiger partial charge in [-0.25, -0.2) is 4.79 Å². The standard InChI is InChI=1S/C19H38O2P/c1-6-9-14-22(15-10-7-2,16-11-8-3)17-12-13-21-19(20)18(4)5/h4,6-17H2,1-3,5H3/q+1. The highest BCUT2D eigenvalue weighted by Crippen LogP contribution is 2.61. The minimum Gasteiger partial charge on any atom is -0.462 e. The number of esters is 1. The molecule has 130 valence electrons. The quantitative estimate of drug-likeness (QED) is 0.171. The van der Waals surface area contributed by atoms with Gasteiger partial charge in [0.1, 0.15) is 0 Å². The van der Waals surface area contributed by atoms with E-state index in [2.05, 4.69) is 27.4 Å². The molecule has 22 heavy (non-hydrogen) atoms. The lowest BCUT2D eigenvalue weighted by atomic mass is 10.4. The van der Waals surface area contributed by atoms with Gasteiger partial charge >= 0.3 is 5.97 Å². The van der Waals surface area contributed by atoms with E-state index in [1.165, 1.54) is 63.2 Å². The largest absolute Gasteiger partial charge is 0.462 e. The van der Waals surface area contributed by atoms with Crippen LogP contribution < -0.4 is 0 Å². The highest BCUT2D eigenvalue weighted by molar-refractivity contribution is 7.75. The van der Waals surface area contributed by atoms with E-state index < -0.39 is 7.26 Å². The summed E-state index contributed by atoms with van der Waals surface area (Å²) >= 11 is 0. The molecule has 0 saturated carbocycles. The lowest BCUT2D eigenvalue weighted by molar-refractivity contribution is -0.138. The number of hydrogen-bond acceptors (Lipinski definition) is 2. The summed E-state index contributed by atoms with van der Waals surface area (Å²) < 4.78 is 5.29. The molecule has 0 unspecified atom stereocenters. The van der Waals surface area contributed by atoms with Crippen molar-refractivity contribution in [1.82, 2.24) is 0 Å². The fourth-order valence-corrected chi connectivity index (χ4v) is 7.94. The Labute approximate surface area is 139 Å². The van der Waals surface area contributed by atoms with Crippen molar-refractivity contribution < 1.29 is 9.53 Å². The van der Waals surface area contributed by atoms with E-state index in [0.29, 0.717) is 12.2 Å². The van der Waals surface area contributed by atoms with Crippen molar-refractivity contribution in [1.29, 1.82) is 0 Å². The summed E-state index contributed by atoms with van der Waals surface area (Å²) in [6.07, 6.45) is 14.7. The normalized spacial score (nSPS) is 11.5. The summed E-state index contributed by atoms with van der Waals surface area (Å²) in [4.78, 5) is 11.5. The van der Waals surface area contributed by atoms with Gasteiger partial charge in [-0.15, -0.1) is 0 Å². The van der Waals surface area contributed by atoms with Crippen molar-refractivity contribution >= 4 is 13.2 Å². The number of carbonyl (C=O) groups is 1. The molecule has 0 saturated heterocycles. The van der Waals surface area contributed by atoms with Crippen molar-refractivity contribution in [2.45, 2.75) is 72.6 Å². The molecule has 0 bridgehead atoms. The molecule has 2 nitrogen and oxygen atoms in total. The first-order valence-corrected chi connectivity index (χ1v) is 11.7. The molecular formula is C19H38O2P+. The molecule has 0 spiro atoms. The Morgan fingerprint density at radius 2 is 1.27 bits per heavy atom. The SMILES string of the molecule is C=C(C)C(=O)OCCC[P+](CCCC)(CCCC)CCCC. The Bertz CT molecular complexity index is 291. The van der Waals surface area contributed by atoms with Gasteiger partial charge in [0.15, 0.2) is 0 Å². The third-order valence-electron chi connectivity index (χ3n) is 4.32. The average Bonchev–Trinajstić information content (AvgIpc) is 2.52. The molecular weight excluding hydrogens is 291 g/mol. The minimum absolute atomic E-state index is 0.236. The van der Waals surface area contributed by atoms with E-state index in [1.807, 2.05) is 0 Å². The Morgan fingerprint density at radius 1 is 0.864 bits per heavy atom. The van der Waals surface area contributed by atoms with Crippen molar-refractivity contribution in [3.8, 4) is 0 Å². The van der Waals surface area contributed by atoms with Crippen LogP contribution in [-0.4, -0.2) is 37.2 Å². The van der Waals surface area contributed by atoms with Gasteiger partial charge < -0.3 is 4.74 Å². The Kier molecular flexibility index (Phi) is 12.9. The molecule has 0 fully saturated rings. The van der Waals surface area contributed by atoms with Gasteiger partial charge in [0.25, 0.3) is 0 Å². The molecule has 0 aromatic rings. The first-order valence-electron chi connectivity index (χ1n) is 9.19. The van der Waals surface area contributed by atoms with Crippen LogP contribution in [-0.2, 0) is 9.53 Å². The van der Waals surface area contributed by atoms with Gasteiger partial charge in [0.05, 0.1) is 31.3 Å². The Morgan fingerprint density at radius 3 is 1.64 bits per heavy atom. The summed E-state index contributed by atoms with van der Waals surface area (Å²) in [7, 11) is -0.843. The van der Waals surface area contributed by atoms with Crippen LogP contribution in [0.25, 0.3) is 0 Å². The van der Waals surface area contributed by atoms with Gasteiger partial charge in [-0.3, -0.25) is 0 Å². The fourth-order valence-electron chi connectivity index (χ4n) is 2.84. The van der Waals surface area contributed by atoms with Crippen LogP contribution >= 0.6 is 7.26 Å². The highest BCUT2D eigenvalue weighted by Gasteiger charge is 2.34. The van der Waals surface area contributed by atoms with E-state index >= 15 is 0 Å². The highest BCUT2D eigenvalue weighted by atomic mass is 31.2. The van der Waals surface area contributed by atoms with Crippen LogP contribution in [0.5, 0.6) is 0 Å². The second-order valence-electron chi connectivity index (χ2n) is 6.57. The maximum absolute atomic E-state index is 11.5. The average molecular weight is 329 g/mol. The van der Waals surface area contributed by atoms with Crippen molar-refractivity contribution in [2.24, 2.45) is 0 Å². The van der Waals surface area contributed by atoms with Crippen molar-refractivity contribution in [3.63, 3.8) is 0 Å². The summed E-state index contributed by atoms with van der Waals surface area (Å²) in [6.45, 7) is 12.8. The van der Waals surface area contributed by atoms with E-state index in [-0.39, 0.29) is 5.97 Å². The second-order valence-corrected chi connectivity index (χ2v) is 11.0. The summed E-state index contributed by atoms with van der Waals surface area (Å²) in [5.41, 5.74) is 0.504. The third-order valence-corrected chi connectivity index (χ3v) is 9.38. The number of ether oxygens (including phenoxy) is 1. The lowest BCUT2D eigenvalue weighted by Crippen LogP contribution is -2.15. The van der Waals surface area contributed by atoms with Crippen molar-refractivity contribution in [3.05, 3.63) is 12.2 Å². The first-order chi connectivity index (χ1) is 10.5. The molecule has 0 atom stereocenters. The number of unbranched alkanes of at least 4 members (excludes halogenated alkanes) is 3. The molecule has 3 heteroatoms. The van der Waals surface area contributed by atoms with Crippen LogP contribution in [0.4, 0.5) is 0 Å². The fraction of sp³-hybridized carbons (Fsp3) is 0.842. The molecule has 0 rings (SSSR count). The zero-order chi connectivity index (χ0) is 16.8. The summed E-state index contributed by atoms with van der Waals surface area (Å²) in [5.74, 6) is -0.236. The number of hydrogen-bond donors (Lipinski definition) is 0. The van der Waals surface area contributed by atoms with Gasteiger partial charge in [-0.05, 0) is 26.2 Å². The van der Waals surface area contributed by atoms with Gasteiger partial charge in [-0.2, -0.15) is 0 Å². The molecule has 0 amide bonds. The van der Waals surface area contributed by atoms with E-state index in [0.717, 1.165) is 6.42 Å². The van der Waals surface area contributed by atoms with Crippen LogP contribution in [0.3, 0.4) is 0 Å². The first kappa shape index (κ1) is 21.6. The van der Waals surface area contributed by atoms with E-state index in [9.17, 15) is 4.79 Å². The predicted molar refractivity (Wildman–Crippen MR) is 102 cm³/mol. The monoisotopic (exact) mass is 329 g/mol. The van der Waals surface area contributed by atoms with E-state index in [4.69, 9.17) is 4.74 Å². The Hall–Kier alpha value is -0.360. The van der Waals surface area contributed by atoms with Crippen molar-refractivity contribution in [2.75, 3.05) is 31.3 Å². The third kappa shape index (κ3) is 9.62. The topological polar surface area (TPSA) is 26.3 Å². The smallest absolute Gasteiger partial charge is 0.333 e. The molecule has 0 radical (unpaired) electrons. The Balaban J connectivity index is 4.50. The number of carbonyl (C=O) groups excluding carboxylic acids is 1. The molecule has 0 heterocycles. The predicted octanol–water partition coefficient (Wildman–Crippen LogP) is 5.91. The molecule has 0 aliphatic heterocycles. The zero-order valence-electron chi connectivity index (χ0n) is 15.5. The van der Waals surface area contributed by atoms with Gasteiger partial charge in [-0.1, -0.05) is 46.6 Å². The molecule has 0 aromatic heterocycles.